The van der Waals surface area contributed by atoms with Gasteiger partial charge in [0.2, 0.25) is 18.6 Å². The Morgan fingerprint density at radius 3 is 2.89 bits per heavy atom. The van der Waals surface area contributed by atoms with Crippen LogP contribution in [-0.2, 0) is 16.1 Å². The minimum Gasteiger partial charge on any atom is -0.454 e. The van der Waals surface area contributed by atoms with Crippen LogP contribution in [0.1, 0.15) is 28.0 Å². The Labute approximate surface area is 160 Å². The highest BCUT2D eigenvalue weighted by Crippen LogP contribution is 2.35. The van der Waals surface area contributed by atoms with Gasteiger partial charge in [-0.15, -0.1) is 0 Å². The monoisotopic (exact) mass is 388 g/mol. The molecule has 10 heteroatoms. The molecule has 28 heavy (non-hydrogen) atoms. The van der Waals surface area contributed by atoms with E-state index in [4.69, 9.17) is 18.7 Å². The number of fused-ring (bicyclic) bond motifs is 1. The van der Waals surface area contributed by atoms with Gasteiger partial charge in [0.05, 0.1) is 11.8 Å². The topological polar surface area (TPSA) is 116 Å². The zero-order valence-corrected chi connectivity index (χ0v) is 15.5. The van der Waals surface area contributed by atoms with Gasteiger partial charge in [0.15, 0.2) is 17.3 Å². The number of benzene rings is 1. The van der Waals surface area contributed by atoms with Gasteiger partial charge in [0.25, 0.3) is 5.91 Å². The average Bonchev–Trinajstić information content (AvgIpc) is 3.45. The molecule has 2 aromatic rings. The molecule has 0 radical (unpaired) electrons. The number of nitrogens with zero attached hydrogens (tertiary/aromatic N) is 3. The van der Waals surface area contributed by atoms with Gasteiger partial charge in [-0.2, -0.15) is 4.98 Å². The fourth-order valence-electron chi connectivity index (χ4n) is 3.49. The second kappa shape index (κ2) is 7.47. The van der Waals surface area contributed by atoms with E-state index < -0.39 is 11.8 Å². The van der Waals surface area contributed by atoms with Gasteiger partial charge in [-0.25, -0.2) is 0 Å². The van der Waals surface area contributed by atoms with E-state index >= 15 is 0 Å². The van der Waals surface area contributed by atoms with Crippen LogP contribution in [-0.4, -0.2) is 60.9 Å². The molecule has 0 spiro atoms. The Hall–Kier alpha value is -3.14. The fourth-order valence-corrected chi connectivity index (χ4v) is 3.49. The van der Waals surface area contributed by atoms with Crippen LogP contribution in [0.4, 0.5) is 0 Å². The van der Waals surface area contributed by atoms with E-state index in [-0.39, 0.29) is 31.8 Å². The van der Waals surface area contributed by atoms with Crippen molar-refractivity contribution < 1.29 is 28.3 Å². The summed E-state index contributed by atoms with van der Waals surface area (Å²) in [7, 11) is 3.09. The number of carbonyl (C=O) groups excluding carboxylic acids is 2. The van der Waals surface area contributed by atoms with E-state index in [1.165, 1.54) is 7.11 Å². The number of amides is 2. The maximum Gasteiger partial charge on any atom is 0.254 e. The van der Waals surface area contributed by atoms with Gasteiger partial charge < -0.3 is 29.0 Å². The molecule has 0 bridgehead atoms. The summed E-state index contributed by atoms with van der Waals surface area (Å²) in [4.78, 5) is 31.3. The van der Waals surface area contributed by atoms with Crippen molar-refractivity contribution >= 4 is 11.8 Å². The average molecular weight is 388 g/mol. The number of ether oxygens (including phenoxy) is 3. The minimum absolute atomic E-state index is 0.137. The number of hydrogen-bond donors (Lipinski definition) is 1. The van der Waals surface area contributed by atoms with Crippen LogP contribution in [0.2, 0.25) is 0 Å². The van der Waals surface area contributed by atoms with Crippen LogP contribution >= 0.6 is 0 Å². The number of rotatable bonds is 5. The lowest BCUT2D eigenvalue weighted by Crippen LogP contribution is -2.33. The molecule has 2 aliphatic rings. The number of likely N-dealkylation sites (tertiary alicyclic amines) is 1. The molecule has 148 valence electrons. The third kappa shape index (κ3) is 3.26. The van der Waals surface area contributed by atoms with Gasteiger partial charge >= 0.3 is 0 Å². The number of aromatic nitrogens is 2. The predicted molar refractivity (Wildman–Crippen MR) is 93.8 cm³/mol. The maximum absolute atomic E-state index is 13.0. The number of nitrogens with one attached hydrogen (secondary N) is 1. The van der Waals surface area contributed by atoms with Crippen molar-refractivity contribution in [2.75, 3.05) is 34.0 Å². The van der Waals surface area contributed by atoms with E-state index in [0.717, 1.165) is 0 Å². The van der Waals surface area contributed by atoms with Crippen LogP contribution in [0, 0.1) is 5.92 Å². The molecular formula is C18H20N4O6. The van der Waals surface area contributed by atoms with Crippen LogP contribution < -0.4 is 14.8 Å². The number of methoxy groups -OCH3 is 1. The maximum atomic E-state index is 13.0. The molecule has 0 unspecified atom stereocenters. The molecule has 2 amide bonds. The summed E-state index contributed by atoms with van der Waals surface area (Å²) in [6, 6.07) is 5.03. The molecule has 4 rings (SSSR count). The highest BCUT2D eigenvalue weighted by molar-refractivity contribution is 5.96. The molecule has 1 aromatic heterocycles. The Kier molecular flexibility index (Phi) is 4.86. The van der Waals surface area contributed by atoms with Gasteiger partial charge in [-0.3, -0.25) is 9.59 Å². The molecule has 3 heterocycles. The third-order valence-electron chi connectivity index (χ3n) is 4.88. The highest BCUT2D eigenvalue weighted by atomic mass is 16.7. The lowest BCUT2D eigenvalue weighted by Gasteiger charge is -2.16. The van der Waals surface area contributed by atoms with Crippen molar-refractivity contribution in [2.45, 2.75) is 12.5 Å². The summed E-state index contributed by atoms with van der Waals surface area (Å²) in [6.07, 6.45) is 0. The van der Waals surface area contributed by atoms with Crippen molar-refractivity contribution in [3.63, 3.8) is 0 Å². The van der Waals surface area contributed by atoms with E-state index in [2.05, 4.69) is 15.5 Å². The van der Waals surface area contributed by atoms with Crippen molar-refractivity contribution in [1.82, 2.24) is 20.4 Å². The van der Waals surface area contributed by atoms with E-state index in [0.29, 0.717) is 35.3 Å². The quantitative estimate of drug-likeness (QED) is 0.789. The Balaban J connectivity index is 1.56. The normalized spacial score (nSPS) is 20.4. The van der Waals surface area contributed by atoms with Gasteiger partial charge in [-0.1, -0.05) is 5.16 Å². The predicted octanol–water partition coefficient (Wildman–Crippen LogP) is 0.546. The molecule has 0 aliphatic carbocycles. The Bertz CT molecular complexity index is 898. The number of hydrogen-bond acceptors (Lipinski definition) is 8. The molecule has 1 aromatic carbocycles. The highest BCUT2D eigenvalue weighted by Gasteiger charge is 2.43. The van der Waals surface area contributed by atoms with E-state index in [1.54, 1.807) is 30.1 Å². The Morgan fingerprint density at radius 2 is 2.11 bits per heavy atom. The summed E-state index contributed by atoms with van der Waals surface area (Å²) in [5.74, 6) is 0.593. The third-order valence-corrected chi connectivity index (χ3v) is 4.88. The first-order chi connectivity index (χ1) is 13.6. The van der Waals surface area contributed by atoms with Crippen molar-refractivity contribution in [3.05, 3.63) is 35.5 Å². The van der Waals surface area contributed by atoms with Gasteiger partial charge in [-0.05, 0) is 18.2 Å². The Morgan fingerprint density at radius 1 is 1.29 bits per heavy atom. The first-order valence-electron chi connectivity index (χ1n) is 8.82. The first-order valence-corrected chi connectivity index (χ1v) is 8.82. The summed E-state index contributed by atoms with van der Waals surface area (Å²) < 4.78 is 21.0. The molecule has 10 nitrogen and oxygen atoms in total. The largest absolute Gasteiger partial charge is 0.454 e. The SMILES string of the molecule is CNC(=O)[C@@H]1CN(C(=O)c2ccc3c(c2)OCO3)C[C@H]1c1nc(COC)no1. The zero-order valence-electron chi connectivity index (χ0n) is 15.5. The summed E-state index contributed by atoms with van der Waals surface area (Å²) >= 11 is 0. The first kappa shape index (κ1) is 18.2. The standard InChI is InChI=1S/C18H20N4O6/c1-19-16(23)11-6-22(7-12(11)17-20-15(8-25-2)21-28-17)18(24)10-3-4-13-14(5-10)27-9-26-13/h3-5,11-12H,6-9H2,1-2H3,(H,19,23)/t11-,12-/m1/s1. The summed E-state index contributed by atoms with van der Waals surface area (Å²) in [6.45, 7) is 0.888. The van der Waals surface area contributed by atoms with Crippen LogP contribution in [0.3, 0.4) is 0 Å². The zero-order chi connectivity index (χ0) is 19.7. The van der Waals surface area contributed by atoms with E-state index in [1.807, 2.05) is 0 Å². The smallest absolute Gasteiger partial charge is 0.254 e. The van der Waals surface area contributed by atoms with Gasteiger partial charge in [0, 0.05) is 32.8 Å². The van der Waals surface area contributed by atoms with E-state index in [9.17, 15) is 9.59 Å². The van der Waals surface area contributed by atoms with Crippen LogP contribution in [0.25, 0.3) is 0 Å². The van der Waals surface area contributed by atoms with Crippen molar-refractivity contribution in [1.29, 1.82) is 0 Å². The lowest BCUT2D eigenvalue weighted by molar-refractivity contribution is -0.124. The molecular weight excluding hydrogens is 368 g/mol. The number of carbonyl (C=O) groups is 2. The van der Waals surface area contributed by atoms with Crippen molar-refractivity contribution in [2.24, 2.45) is 5.92 Å². The van der Waals surface area contributed by atoms with Gasteiger partial charge in [0.1, 0.15) is 6.61 Å². The second-order valence-electron chi connectivity index (χ2n) is 6.59. The molecule has 1 fully saturated rings. The summed E-state index contributed by atoms with van der Waals surface area (Å²) in [5, 5.41) is 6.50. The molecule has 2 aliphatic heterocycles. The molecule has 1 saturated heterocycles. The lowest BCUT2D eigenvalue weighted by atomic mass is 9.95. The van der Waals surface area contributed by atoms with Crippen molar-refractivity contribution in [3.8, 4) is 11.5 Å². The van der Waals surface area contributed by atoms with Crippen LogP contribution in [0.15, 0.2) is 22.7 Å². The molecule has 2 atom stereocenters. The molecule has 1 N–H and O–H groups in total. The van der Waals surface area contributed by atoms with Crippen LogP contribution in [0.5, 0.6) is 11.5 Å². The fraction of sp³-hybridized carbons (Fsp3) is 0.444. The summed E-state index contributed by atoms with van der Waals surface area (Å²) in [5.41, 5.74) is 0.464. The second-order valence-corrected chi connectivity index (χ2v) is 6.59. The molecule has 0 saturated carbocycles. The minimum atomic E-state index is -0.487.